The van der Waals surface area contributed by atoms with Gasteiger partial charge < -0.3 is 14.3 Å². The van der Waals surface area contributed by atoms with Crippen LogP contribution >= 0.6 is 0 Å². The van der Waals surface area contributed by atoms with Crippen molar-refractivity contribution >= 4 is 5.71 Å². The average molecular weight is 437 g/mol. The Bertz CT molecular complexity index is 1190. The predicted molar refractivity (Wildman–Crippen MR) is 124 cm³/mol. The molecular formula is C24H28N4O4. The van der Waals surface area contributed by atoms with Crippen LogP contribution in [0.1, 0.15) is 30.5 Å². The Kier molecular flexibility index (Phi) is 7.49. The number of hydrogen-bond acceptors (Lipinski definition) is 6. The van der Waals surface area contributed by atoms with Crippen molar-refractivity contribution in [3.63, 3.8) is 0 Å². The Morgan fingerprint density at radius 3 is 2.72 bits per heavy atom. The number of oxime groups is 1. The summed E-state index contributed by atoms with van der Waals surface area (Å²) in [6, 6.07) is 13.5. The Morgan fingerprint density at radius 2 is 2.00 bits per heavy atom. The maximum Gasteiger partial charge on any atom is 0.353 e. The number of methoxy groups -OCH3 is 1. The molecule has 32 heavy (non-hydrogen) atoms. The quantitative estimate of drug-likeness (QED) is 0.221. The zero-order valence-electron chi connectivity index (χ0n) is 19.0. The number of rotatable bonds is 9. The van der Waals surface area contributed by atoms with Gasteiger partial charge in [-0.05, 0) is 56.7 Å². The Hall–Kier alpha value is -3.81. The van der Waals surface area contributed by atoms with Gasteiger partial charge in [-0.2, -0.15) is 0 Å². The van der Waals surface area contributed by atoms with Gasteiger partial charge >= 0.3 is 11.7 Å². The first kappa shape index (κ1) is 22.9. The number of aryl methyl sites for hydroxylation is 2. The lowest BCUT2D eigenvalue weighted by molar-refractivity contribution is 0.174. The molecule has 0 aliphatic rings. The van der Waals surface area contributed by atoms with Gasteiger partial charge in [0.05, 0.1) is 18.5 Å². The number of nitrogens with zero attached hydrogens (tertiary/aromatic N) is 4. The molecule has 8 heteroatoms. The van der Waals surface area contributed by atoms with E-state index in [1.807, 2.05) is 75.4 Å². The molecule has 0 atom stereocenters. The molecule has 168 valence electrons. The van der Waals surface area contributed by atoms with Gasteiger partial charge in [-0.15, -0.1) is 5.10 Å². The van der Waals surface area contributed by atoms with Gasteiger partial charge in [0.15, 0.2) is 0 Å². The number of ether oxygens (including phenoxy) is 2. The predicted octanol–water partition coefficient (Wildman–Crippen LogP) is 3.78. The van der Waals surface area contributed by atoms with Crippen LogP contribution in [0.2, 0.25) is 0 Å². The Balaban J connectivity index is 1.79. The van der Waals surface area contributed by atoms with E-state index in [-0.39, 0.29) is 18.3 Å². The lowest BCUT2D eigenvalue weighted by Crippen LogP contribution is -2.22. The molecular weight excluding hydrogens is 408 g/mol. The molecule has 0 saturated carbocycles. The lowest BCUT2D eigenvalue weighted by atomic mass is 10.0. The number of para-hydroxylation sites is 1. The van der Waals surface area contributed by atoms with E-state index in [4.69, 9.17) is 14.3 Å². The molecule has 1 heterocycles. The maximum atomic E-state index is 12.6. The van der Waals surface area contributed by atoms with Gasteiger partial charge in [0.1, 0.15) is 19.0 Å². The first-order valence-corrected chi connectivity index (χ1v) is 10.3. The first-order chi connectivity index (χ1) is 15.5. The fraction of sp³-hybridized carbons (Fsp3) is 0.292. The largest absolute Gasteiger partial charge is 0.489 e. The minimum atomic E-state index is -0.291. The van der Waals surface area contributed by atoms with E-state index in [1.165, 1.54) is 16.4 Å². The summed E-state index contributed by atoms with van der Waals surface area (Å²) >= 11 is 0. The van der Waals surface area contributed by atoms with Crippen LogP contribution < -0.4 is 15.2 Å². The van der Waals surface area contributed by atoms with Gasteiger partial charge in [-0.25, -0.2) is 14.0 Å². The van der Waals surface area contributed by atoms with Crippen molar-refractivity contribution in [2.75, 3.05) is 13.7 Å². The summed E-state index contributed by atoms with van der Waals surface area (Å²) in [5.41, 5.74) is 4.02. The topological polar surface area (TPSA) is 79.9 Å². The standard InChI is InChI=1S/C24H28N4O4/c1-6-7-14-32-26-18(3)21-13-12-20(15-17(21)2)31-16-19-10-8-9-11-22(19)28-23(30-5)25-27(4)24(28)29/h6-13,15H,14,16H2,1-5H3/b7-6+,26-18+. The highest BCUT2D eigenvalue weighted by Gasteiger charge is 2.16. The van der Waals surface area contributed by atoms with Gasteiger partial charge in [-0.3, -0.25) is 0 Å². The molecule has 2 aromatic carbocycles. The summed E-state index contributed by atoms with van der Waals surface area (Å²) in [5, 5.41) is 8.27. The molecule has 0 radical (unpaired) electrons. The van der Waals surface area contributed by atoms with Crippen LogP contribution in [-0.2, 0) is 18.5 Å². The molecule has 0 unspecified atom stereocenters. The Labute approximate surface area is 187 Å². The highest BCUT2D eigenvalue weighted by atomic mass is 16.6. The van der Waals surface area contributed by atoms with Crippen LogP contribution in [0.25, 0.3) is 5.69 Å². The number of aromatic nitrogens is 3. The van der Waals surface area contributed by atoms with Crippen LogP contribution in [0.15, 0.2) is 64.6 Å². The summed E-state index contributed by atoms with van der Waals surface area (Å²) in [6.07, 6.45) is 3.81. The van der Waals surface area contributed by atoms with Gasteiger partial charge in [0.2, 0.25) is 0 Å². The molecule has 0 aliphatic heterocycles. The van der Waals surface area contributed by atoms with Crippen LogP contribution in [0.4, 0.5) is 0 Å². The highest BCUT2D eigenvalue weighted by molar-refractivity contribution is 5.99. The van der Waals surface area contributed by atoms with E-state index in [0.717, 1.165) is 22.4 Å². The van der Waals surface area contributed by atoms with Crippen molar-refractivity contribution in [2.45, 2.75) is 27.4 Å². The van der Waals surface area contributed by atoms with Crippen molar-refractivity contribution in [1.29, 1.82) is 0 Å². The van der Waals surface area contributed by atoms with E-state index in [1.54, 1.807) is 7.05 Å². The molecule has 0 spiro atoms. The monoisotopic (exact) mass is 436 g/mol. The first-order valence-electron chi connectivity index (χ1n) is 10.3. The van der Waals surface area contributed by atoms with E-state index >= 15 is 0 Å². The van der Waals surface area contributed by atoms with Crippen molar-refractivity contribution < 1.29 is 14.3 Å². The third kappa shape index (κ3) is 5.08. The van der Waals surface area contributed by atoms with E-state index in [2.05, 4.69) is 10.3 Å². The fourth-order valence-electron chi connectivity index (χ4n) is 3.25. The van der Waals surface area contributed by atoms with E-state index < -0.39 is 0 Å². The molecule has 8 nitrogen and oxygen atoms in total. The minimum absolute atomic E-state index is 0.219. The van der Waals surface area contributed by atoms with Crippen LogP contribution in [-0.4, -0.2) is 33.8 Å². The average Bonchev–Trinajstić information content (AvgIpc) is 3.08. The van der Waals surface area contributed by atoms with E-state index in [9.17, 15) is 4.79 Å². The third-order valence-corrected chi connectivity index (χ3v) is 4.90. The third-order valence-electron chi connectivity index (χ3n) is 4.90. The van der Waals surface area contributed by atoms with Crippen LogP contribution in [0, 0.1) is 6.92 Å². The zero-order chi connectivity index (χ0) is 23.1. The SMILES string of the molecule is C/C=C/CO/N=C(\C)c1ccc(OCc2ccccc2-n2c(OC)nn(C)c2=O)cc1C. The molecule has 0 aliphatic carbocycles. The summed E-state index contributed by atoms with van der Waals surface area (Å²) in [4.78, 5) is 17.8. The second kappa shape index (κ2) is 10.5. The normalized spacial score (nSPS) is 11.7. The highest BCUT2D eigenvalue weighted by Crippen LogP contribution is 2.22. The Morgan fingerprint density at radius 1 is 1.22 bits per heavy atom. The second-order valence-corrected chi connectivity index (χ2v) is 7.16. The molecule has 3 aromatic rings. The molecule has 0 saturated heterocycles. The molecule has 0 bridgehead atoms. The molecule has 0 amide bonds. The van der Waals surface area contributed by atoms with Gasteiger partial charge in [0.25, 0.3) is 0 Å². The summed E-state index contributed by atoms with van der Waals surface area (Å²) < 4.78 is 14.0. The van der Waals surface area contributed by atoms with Gasteiger partial charge in [-0.1, -0.05) is 29.4 Å². The molecule has 3 rings (SSSR count). The van der Waals surface area contributed by atoms with Gasteiger partial charge in [0, 0.05) is 18.2 Å². The maximum absolute atomic E-state index is 12.6. The second-order valence-electron chi connectivity index (χ2n) is 7.16. The van der Waals surface area contributed by atoms with Crippen LogP contribution in [0.5, 0.6) is 11.8 Å². The number of benzene rings is 2. The smallest absolute Gasteiger partial charge is 0.353 e. The summed E-state index contributed by atoms with van der Waals surface area (Å²) in [7, 11) is 3.07. The van der Waals surface area contributed by atoms with Crippen molar-refractivity contribution in [3.05, 3.63) is 81.8 Å². The van der Waals surface area contributed by atoms with Crippen molar-refractivity contribution in [3.8, 4) is 17.4 Å². The van der Waals surface area contributed by atoms with Crippen molar-refractivity contribution in [2.24, 2.45) is 12.2 Å². The zero-order valence-corrected chi connectivity index (χ0v) is 19.0. The van der Waals surface area contributed by atoms with Crippen LogP contribution in [0.3, 0.4) is 0 Å². The fourth-order valence-corrected chi connectivity index (χ4v) is 3.25. The van der Waals surface area contributed by atoms with E-state index in [0.29, 0.717) is 18.0 Å². The minimum Gasteiger partial charge on any atom is -0.489 e. The lowest BCUT2D eigenvalue weighted by Gasteiger charge is -2.13. The molecule has 0 N–H and O–H groups in total. The summed E-state index contributed by atoms with van der Waals surface area (Å²) in [5.74, 6) is 0.717. The number of hydrogen-bond donors (Lipinski definition) is 0. The van der Waals surface area contributed by atoms with Crippen molar-refractivity contribution in [1.82, 2.24) is 14.3 Å². The number of allylic oxidation sites excluding steroid dienone is 1. The summed E-state index contributed by atoms with van der Waals surface area (Å²) in [6.45, 7) is 6.57. The molecule has 1 aromatic heterocycles. The molecule has 0 fully saturated rings.